The van der Waals surface area contributed by atoms with Gasteiger partial charge < -0.3 is 10.1 Å². The molecule has 0 fully saturated rings. The third-order valence-electron chi connectivity index (χ3n) is 4.82. The molecule has 0 bridgehead atoms. The van der Waals surface area contributed by atoms with Gasteiger partial charge >= 0.3 is 5.97 Å². The molecule has 0 spiro atoms. The molecule has 0 aliphatic heterocycles. The number of esters is 1. The van der Waals surface area contributed by atoms with E-state index in [9.17, 15) is 9.59 Å². The molecule has 1 N–H and O–H groups in total. The van der Waals surface area contributed by atoms with Gasteiger partial charge in [0.05, 0.1) is 11.4 Å². The number of nitrogens with zero attached hydrogens (tertiary/aromatic N) is 3. The van der Waals surface area contributed by atoms with Crippen LogP contribution in [0, 0.1) is 13.8 Å². The number of rotatable bonds is 8. The van der Waals surface area contributed by atoms with Gasteiger partial charge in [-0.05, 0) is 48.6 Å². The highest BCUT2D eigenvalue weighted by Gasteiger charge is 2.15. The Morgan fingerprint density at radius 1 is 1.19 bits per heavy atom. The van der Waals surface area contributed by atoms with Gasteiger partial charge in [0.1, 0.15) is 6.33 Å². The molecular weight excluding hydrogens is 448 g/mol. The molecule has 0 aliphatic carbocycles. The number of carbonyl (C=O) groups is 2. The van der Waals surface area contributed by atoms with E-state index in [2.05, 4.69) is 29.4 Å². The number of thioether (sulfide) groups is 1. The molecule has 0 saturated heterocycles. The third-order valence-corrected chi connectivity index (χ3v) is 6.15. The minimum atomic E-state index is -0.518. The average Bonchev–Trinajstić information content (AvgIpc) is 3.22. The fraction of sp³-hybridized carbons (Fsp3) is 0.304. The molecule has 0 unspecified atom stereocenters. The van der Waals surface area contributed by atoms with Crippen LogP contribution in [0.5, 0.6) is 0 Å². The monoisotopic (exact) mass is 472 g/mol. The van der Waals surface area contributed by atoms with Crippen LogP contribution in [0.2, 0.25) is 5.02 Å². The minimum absolute atomic E-state index is 0.00677. The number of aryl methyl sites for hydroxylation is 2. The first kappa shape index (κ1) is 23.8. The van der Waals surface area contributed by atoms with Crippen molar-refractivity contribution in [1.82, 2.24) is 14.8 Å². The van der Waals surface area contributed by atoms with E-state index in [0.29, 0.717) is 10.2 Å². The number of anilines is 1. The van der Waals surface area contributed by atoms with Crippen molar-refractivity contribution in [1.29, 1.82) is 0 Å². The van der Waals surface area contributed by atoms with Gasteiger partial charge in [-0.2, -0.15) is 0 Å². The van der Waals surface area contributed by atoms with E-state index in [1.807, 2.05) is 50.2 Å². The Morgan fingerprint density at radius 2 is 1.97 bits per heavy atom. The molecule has 1 aromatic heterocycles. The number of hydrogen-bond donors (Lipinski definition) is 1. The highest BCUT2D eigenvalue weighted by molar-refractivity contribution is 7.99. The number of aromatic nitrogens is 3. The lowest BCUT2D eigenvalue weighted by molar-refractivity contribution is -0.144. The molecule has 2 aromatic carbocycles. The zero-order valence-electron chi connectivity index (χ0n) is 18.4. The Morgan fingerprint density at radius 3 is 2.69 bits per heavy atom. The summed E-state index contributed by atoms with van der Waals surface area (Å²) in [5.41, 5.74) is 4.52. The Labute approximate surface area is 196 Å². The highest BCUT2D eigenvalue weighted by atomic mass is 35.5. The van der Waals surface area contributed by atoms with E-state index in [0.717, 1.165) is 28.1 Å². The van der Waals surface area contributed by atoms with Crippen molar-refractivity contribution in [2.45, 2.75) is 38.8 Å². The number of carbonyl (C=O) groups excluding carboxylic acids is 2. The standard InChI is InChI=1S/C23H25ClN4O3S/c1-14(2)18-7-5-6-16(4)22(18)26-20(29)11-31-21(30)12-32-23-27-25-13-28(23)17-9-8-15(3)19(24)10-17/h5-10,13-14H,11-12H2,1-4H3,(H,26,29). The first-order chi connectivity index (χ1) is 15.3. The first-order valence-electron chi connectivity index (χ1n) is 10.1. The number of amides is 1. The van der Waals surface area contributed by atoms with Crippen LogP contribution < -0.4 is 5.32 Å². The second-order valence-corrected chi connectivity index (χ2v) is 8.96. The maximum Gasteiger partial charge on any atom is 0.316 e. The van der Waals surface area contributed by atoms with E-state index in [1.165, 1.54) is 11.8 Å². The normalized spacial score (nSPS) is 10.9. The molecule has 168 valence electrons. The molecule has 0 aliphatic rings. The predicted molar refractivity (Wildman–Crippen MR) is 127 cm³/mol. The molecule has 7 nitrogen and oxygen atoms in total. The van der Waals surface area contributed by atoms with Crippen LogP contribution in [-0.4, -0.2) is 39.0 Å². The van der Waals surface area contributed by atoms with E-state index < -0.39 is 5.97 Å². The van der Waals surface area contributed by atoms with Crippen molar-refractivity contribution < 1.29 is 14.3 Å². The maximum atomic E-state index is 12.3. The molecule has 1 heterocycles. The fourth-order valence-corrected chi connectivity index (χ4v) is 3.96. The van der Waals surface area contributed by atoms with Gasteiger partial charge in [-0.25, -0.2) is 0 Å². The Bertz CT molecular complexity index is 1130. The van der Waals surface area contributed by atoms with Crippen molar-refractivity contribution in [3.8, 4) is 5.69 Å². The summed E-state index contributed by atoms with van der Waals surface area (Å²) in [5, 5.41) is 12.0. The van der Waals surface area contributed by atoms with Crippen molar-refractivity contribution in [3.63, 3.8) is 0 Å². The van der Waals surface area contributed by atoms with Crippen LogP contribution in [0.3, 0.4) is 0 Å². The molecule has 0 atom stereocenters. The largest absolute Gasteiger partial charge is 0.455 e. The van der Waals surface area contributed by atoms with Gasteiger partial charge in [0.2, 0.25) is 0 Å². The Kier molecular flexibility index (Phi) is 7.93. The summed E-state index contributed by atoms with van der Waals surface area (Å²) >= 11 is 7.37. The van der Waals surface area contributed by atoms with Gasteiger partial charge in [-0.1, -0.05) is 61.5 Å². The second kappa shape index (κ2) is 10.7. The van der Waals surface area contributed by atoms with Crippen LogP contribution >= 0.6 is 23.4 Å². The summed E-state index contributed by atoms with van der Waals surface area (Å²) < 4.78 is 6.88. The van der Waals surface area contributed by atoms with Crippen LogP contribution in [0.15, 0.2) is 47.9 Å². The first-order valence-corrected chi connectivity index (χ1v) is 11.5. The summed E-state index contributed by atoms with van der Waals surface area (Å²) in [6.45, 7) is 7.62. The summed E-state index contributed by atoms with van der Waals surface area (Å²) in [4.78, 5) is 24.5. The lowest BCUT2D eigenvalue weighted by Crippen LogP contribution is -2.23. The molecular formula is C23H25ClN4O3S. The van der Waals surface area contributed by atoms with Gasteiger partial charge in [-0.15, -0.1) is 10.2 Å². The lowest BCUT2D eigenvalue weighted by Gasteiger charge is -2.16. The van der Waals surface area contributed by atoms with Gasteiger partial charge in [0.25, 0.3) is 5.91 Å². The van der Waals surface area contributed by atoms with E-state index >= 15 is 0 Å². The highest BCUT2D eigenvalue weighted by Crippen LogP contribution is 2.27. The number of para-hydroxylation sites is 1. The third kappa shape index (κ3) is 5.89. The SMILES string of the molecule is Cc1ccc(-n2cnnc2SCC(=O)OCC(=O)Nc2c(C)cccc2C(C)C)cc1Cl. The lowest BCUT2D eigenvalue weighted by atomic mass is 9.98. The zero-order chi connectivity index (χ0) is 23.3. The average molecular weight is 473 g/mol. The van der Waals surface area contributed by atoms with Crippen molar-refractivity contribution in [2.24, 2.45) is 0 Å². The number of hydrogen-bond acceptors (Lipinski definition) is 6. The quantitative estimate of drug-likeness (QED) is 0.369. The van der Waals surface area contributed by atoms with Crippen molar-refractivity contribution in [2.75, 3.05) is 17.7 Å². The Balaban J connectivity index is 1.54. The number of benzene rings is 2. The van der Waals surface area contributed by atoms with Crippen LogP contribution in [0.25, 0.3) is 5.69 Å². The van der Waals surface area contributed by atoms with E-state index in [-0.39, 0.29) is 24.2 Å². The Hall–Kier alpha value is -2.84. The minimum Gasteiger partial charge on any atom is -0.455 e. The summed E-state index contributed by atoms with van der Waals surface area (Å²) in [7, 11) is 0. The molecule has 32 heavy (non-hydrogen) atoms. The number of ether oxygens (including phenoxy) is 1. The fourth-order valence-electron chi connectivity index (χ4n) is 3.06. The number of nitrogens with one attached hydrogen (secondary N) is 1. The summed E-state index contributed by atoms with van der Waals surface area (Å²) in [6.07, 6.45) is 1.55. The van der Waals surface area contributed by atoms with Gasteiger partial charge in [0, 0.05) is 10.7 Å². The predicted octanol–water partition coefficient (Wildman–Crippen LogP) is 4.93. The molecule has 0 radical (unpaired) electrons. The van der Waals surface area contributed by atoms with Crippen molar-refractivity contribution in [3.05, 3.63) is 64.4 Å². The summed E-state index contributed by atoms with van der Waals surface area (Å²) in [6, 6.07) is 11.5. The van der Waals surface area contributed by atoms with Gasteiger partial charge in [0.15, 0.2) is 11.8 Å². The molecule has 1 amide bonds. The van der Waals surface area contributed by atoms with Crippen LogP contribution in [0.1, 0.15) is 36.5 Å². The smallest absolute Gasteiger partial charge is 0.316 e. The topological polar surface area (TPSA) is 86.1 Å². The van der Waals surface area contributed by atoms with E-state index in [1.54, 1.807) is 10.9 Å². The van der Waals surface area contributed by atoms with Gasteiger partial charge in [-0.3, -0.25) is 14.2 Å². The summed E-state index contributed by atoms with van der Waals surface area (Å²) in [5.74, 6) is -0.648. The maximum absolute atomic E-state index is 12.3. The zero-order valence-corrected chi connectivity index (χ0v) is 20.0. The van der Waals surface area contributed by atoms with E-state index in [4.69, 9.17) is 16.3 Å². The second-order valence-electron chi connectivity index (χ2n) is 7.61. The molecule has 0 saturated carbocycles. The molecule has 9 heteroatoms. The van der Waals surface area contributed by atoms with Crippen LogP contribution in [0.4, 0.5) is 5.69 Å². The molecule has 3 rings (SSSR count). The van der Waals surface area contributed by atoms with Crippen molar-refractivity contribution >= 4 is 40.9 Å². The van der Waals surface area contributed by atoms with Crippen LogP contribution in [-0.2, 0) is 14.3 Å². The number of halogens is 1. The molecule has 3 aromatic rings.